The van der Waals surface area contributed by atoms with Gasteiger partial charge in [-0.05, 0) is 79.9 Å². The third kappa shape index (κ3) is 5.28. The summed E-state index contributed by atoms with van der Waals surface area (Å²) in [5.41, 5.74) is 3.34. The van der Waals surface area contributed by atoms with Crippen LogP contribution < -0.4 is 15.4 Å². The van der Waals surface area contributed by atoms with Gasteiger partial charge in [-0.15, -0.1) is 0 Å². The van der Waals surface area contributed by atoms with Gasteiger partial charge in [-0.1, -0.05) is 12.1 Å². The van der Waals surface area contributed by atoms with Gasteiger partial charge in [0.2, 0.25) is 5.91 Å². The van der Waals surface area contributed by atoms with Gasteiger partial charge in [0, 0.05) is 17.1 Å². The van der Waals surface area contributed by atoms with Crippen LogP contribution in [0.2, 0.25) is 0 Å². The number of piperidine rings is 1. The van der Waals surface area contributed by atoms with Crippen LogP contribution in [0.3, 0.4) is 0 Å². The van der Waals surface area contributed by atoms with Crippen molar-refractivity contribution in [2.24, 2.45) is 0 Å². The van der Waals surface area contributed by atoms with E-state index in [2.05, 4.69) is 32.8 Å². The fourth-order valence-corrected chi connectivity index (χ4v) is 4.85. The molecule has 0 atom stereocenters. The van der Waals surface area contributed by atoms with Crippen LogP contribution in [-0.2, 0) is 11.3 Å². The molecule has 1 saturated heterocycles. The molecule has 1 fully saturated rings. The van der Waals surface area contributed by atoms with E-state index in [0.29, 0.717) is 22.9 Å². The number of hydrogen-bond donors (Lipinski definition) is 3. The van der Waals surface area contributed by atoms with E-state index in [0.717, 1.165) is 37.2 Å². The molecular formula is C28H30N4O4. The maximum absolute atomic E-state index is 12.8. The van der Waals surface area contributed by atoms with Gasteiger partial charge >= 0.3 is 0 Å². The number of aromatic amines is 1. The number of benzene rings is 2. The Morgan fingerprint density at radius 1 is 1.11 bits per heavy atom. The molecule has 2 aromatic heterocycles. The quantitative estimate of drug-likeness (QED) is 0.340. The highest BCUT2D eigenvalue weighted by Gasteiger charge is 2.24. The van der Waals surface area contributed by atoms with Gasteiger partial charge in [0.05, 0.1) is 37.7 Å². The molecule has 8 heteroatoms. The van der Waals surface area contributed by atoms with E-state index in [-0.39, 0.29) is 24.9 Å². The minimum Gasteiger partial charge on any atom is -0.497 e. The Morgan fingerprint density at radius 2 is 1.94 bits per heavy atom. The Labute approximate surface area is 209 Å². The predicted molar refractivity (Wildman–Crippen MR) is 138 cm³/mol. The summed E-state index contributed by atoms with van der Waals surface area (Å²) in [6.45, 7) is 2.24. The van der Waals surface area contributed by atoms with E-state index in [9.17, 15) is 9.59 Å². The number of nitrogens with zero attached hydrogens (tertiary/aromatic N) is 1. The zero-order chi connectivity index (χ0) is 24.9. The van der Waals surface area contributed by atoms with Crippen LogP contribution in [0, 0.1) is 0 Å². The normalized spacial score (nSPS) is 14.6. The SMILES string of the molecule is COc1ccc2[nH]cc(C3CCN(CC(=O)Nc4ccccc4C(=O)NCc4ccco4)CC3)c2c1. The van der Waals surface area contributed by atoms with E-state index in [1.807, 2.05) is 12.1 Å². The molecule has 8 nitrogen and oxygen atoms in total. The van der Waals surface area contributed by atoms with Crippen LogP contribution in [0.1, 0.15) is 40.4 Å². The van der Waals surface area contributed by atoms with Crippen LogP contribution in [0.25, 0.3) is 10.9 Å². The Balaban J connectivity index is 1.16. The lowest BCUT2D eigenvalue weighted by Gasteiger charge is -2.31. The van der Waals surface area contributed by atoms with Crippen LogP contribution in [0.5, 0.6) is 5.75 Å². The van der Waals surface area contributed by atoms with E-state index in [1.54, 1.807) is 49.8 Å². The number of aromatic nitrogens is 1. The van der Waals surface area contributed by atoms with Crippen molar-refractivity contribution in [3.63, 3.8) is 0 Å². The number of carbonyl (C=O) groups is 2. The number of rotatable bonds is 8. The van der Waals surface area contributed by atoms with E-state index < -0.39 is 0 Å². The number of fused-ring (bicyclic) bond motifs is 1. The monoisotopic (exact) mass is 486 g/mol. The Kier molecular flexibility index (Phi) is 7.04. The molecule has 0 radical (unpaired) electrons. The topological polar surface area (TPSA) is 99.6 Å². The molecule has 5 rings (SSSR count). The average Bonchev–Trinajstić information content (AvgIpc) is 3.58. The van der Waals surface area contributed by atoms with Crippen LogP contribution in [-0.4, -0.2) is 48.4 Å². The van der Waals surface area contributed by atoms with Gasteiger partial charge in [0.1, 0.15) is 11.5 Å². The number of nitrogens with one attached hydrogen (secondary N) is 3. The summed E-state index contributed by atoms with van der Waals surface area (Å²) >= 11 is 0. The lowest BCUT2D eigenvalue weighted by molar-refractivity contribution is -0.117. The largest absolute Gasteiger partial charge is 0.497 e. The van der Waals surface area contributed by atoms with Crippen LogP contribution in [0.15, 0.2) is 71.5 Å². The molecule has 2 amide bonds. The first-order valence-electron chi connectivity index (χ1n) is 12.2. The van der Waals surface area contributed by atoms with Gasteiger partial charge in [-0.2, -0.15) is 0 Å². The Morgan fingerprint density at radius 3 is 2.72 bits per heavy atom. The second kappa shape index (κ2) is 10.7. The fraction of sp³-hybridized carbons (Fsp3) is 0.286. The van der Waals surface area contributed by atoms with Crippen molar-refractivity contribution in [3.05, 3.63) is 83.9 Å². The van der Waals surface area contributed by atoms with Crippen molar-refractivity contribution in [1.82, 2.24) is 15.2 Å². The summed E-state index contributed by atoms with van der Waals surface area (Å²) in [4.78, 5) is 31.1. The molecule has 4 aromatic rings. The van der Waals surface area contributed by atoms with E-state index in [4.69, 9.17) is 9.15 Å². The number of ether oxygens (including phenoxy) is 1. The number of H-pyrrole nitrogens is 1. The number of hydrogen-bond acceptors (Lipinski definition) is 5. The molecule has 0 saturated carbocycles. The second-order valence-corrected chi connectivity index (χ2v) is 9.06. The number of carbonyl (C=O) groups excluding carboxylic acids is 2. The summed E-state index contributed by atoms with van der Waals surface area (Å²) in [6.07, 6.45) is 5.62. The zero-order valence-corrected chi connectivity index (χ0v) is 20.3. The van der Waals surface area contributed by atoms with Crippen molar-refractivity contribution in [2.45, 2.75) is 25.3 Å². The number of methoxy groups -OCH3 is 1. The predicted octanol–water partition coefficient (Wildman–Crippen LogP) is 4.52. The van der Waals surface area contributed by atoms with Gasteiger partial charge in [-0.25, -0.2) is 0 Å². The average molecular weight is 487 g/mol. The molecule has 0 spiro atoms. The molecule has 186 valence electrons. The third-order valence-corrected chi connectivity index (χ3v) is 6.76. The molecule has 0 bridgehead atoms. The fourth-order valence-electron chi connectivity index (χ4n) is 4.85. The molecule has 36 heavy (non-hydrogen) atoms. The summed E-state index contributed by atoms with van der Waals surface area (Å²) in [5, 5.41) is 6.95. The first-order valence-corrected chi connectivity index (χ1v) is 12.2. The van der Waals surface area contributed by atoms with E-state index >= 15 is 0 Å². The summed E-state index contributed by atoms with van der Waals surface area (Å²) < 4.78 is 10.7. The highest BCUT2D eigenvalue weighted by molar-refractivity contribution is 6.04. The van der Waals surface area contributed by atoms with Gasteiger partial charge in [0.25, 0.3) is 5.91 Å². The van der Waals surface area contributed by atoms with Crippen LogP contribution in [0.4, 0.5) is 5.69 Å². The molecule has 1 aliphatic rings. The standard InChI is InChI=1S/C28H30N4O4/c1-35-20-8-9-25-23(15-20)24(17-29-25)19-10-12-32(13-11-19)18-27(33)31-26-7-3-2-6-22(26)28(34)30-16-21-5-4-14-36-21/h2-9,14-15,17,19,29H,10-13,16,18H2,1H3,(H,30,34)(H,31,33). The first kappa shape index (κ1) is 23.7. The Bertz CT molecular complexity index is 1340. The summed E-state index contributed by atoms with van der Waals surface area (Å²) in [7, 11) is 1.68. The highest BCUT2D eigenvalue weighted by atomic mass is 16.5. The molecule has 3 N–H and O–H groups in total. The van der Waals surface area contributed by atoms with Crippen LogP contribution >= 0.6 is 0 Å². The van der Waals surface area contributed by atoms with Crippen molar-refractivity contribution >= 4 is 28.4 Å². The maximum atomic E-state index is 12.8. The molecule has 0 unspecified atom stereocenters. The maximum Gasteiger partial charge on any atom is 0.253 e. The van der Waals surface area contributed by atoms with E-state index in [1.165, 1.54) is 10.9 Å². The number of anilines is 1. The molecule has 1 aliphatic heterocycles. The first-order chi connectivity index (χ1) is 17.6. The van der Waals surface area contributed by atoms with Gasteiger partial charge in [-0.3, -0.25) is 14.5 Å². The minimum atomic E-state index is -0.265. The Hall–Kier alpha value is -4.04. The molecule has 2 aromatic carbocycles. The number of amides is 2. The second-order valence-electron chi connectivity index (χ2n) is 9.06. The summed E-state index contributed by atoms with van der Waals surface area (Å²) in [5.74, 6) is 1.56. The molecular weight excluding hydrogens is 456 g/mol. The lowest BCUT2D eigenvalue weighted by Crippen LogP contribution is -2.39. The highest BCUT2D eigenvalue weighted by Crippen LogP contribution is 2.34. The molecule has 3 heterocycles. The minimum absolute atomic E-state index is 0.128. The number of likely N-dealkylation sites (tertiary alicyclic amines) is 1. The van der Waals surface area contributed by atoms with Crippen molar-refractivity contribution in [2.75, 3.05) is 32.1 Å². The zero-order valence-electron chi connectivity index (χ0n) is 20.3. The molecule has 0 aliphatic carbocycles. The summed E-state index contributed by atoms with van der Waals surface area (Å²) in [6, 6.07) is 16.7. The number of para-hydroxylation sites is 1. The number of furan rings is 1. The smallest absolute Gasteiger partial charge is 0.253 e. The third-order valence-electron chi connectivity index (χ3n) is 6.76. The van der Waals surface area contributed by atoms with Gasteiger partial charge < -0.3 is 24.8 Å². The van der Waals surface area contributed by atoms with Gasteiger partial charge in [0.15, 0.2) is 0 Å². The van der Waals surface area contributed by atoms with Crippen molar-refractivity contribution < 1.29 is 18.7 Å². The lowest BCUT2D eigenvalue weighted by atomic mass is 9.89. The van der Waals surface area contributed by atoms with Crippen molar-refractivity contribution in [1.29, 1.82) is 0 Å². The van der Waals surface area contributed by atoms with Crippen molar-refractivity contribution in [3.8, 4) is 5.75 Å².